The SMILES string of the molecule is CCCCCN(CCO)C(=O)c1ccc(F)c(C)c1. The Morgan fingerprint density at radius 2 is 2.05 bits per heavy atom. The van der Waals surface area contributed by atoms with Crippen LogP contribution in [-0.4, -0.2) is 35.6 Å². The van der Waals surface area contributed by atoms with Crippen LogP contribution in [0.5, 0.6) is 0 Å². The molecule has 1 aromatic carbocycles. The van der Waals surface area contributed by atoms with Gasteiger partial charge in [-0.2, -0.15) is 0 Å². The smallest absolute Gasteiger partial charge is 0.253 e. The number of carbonyl (C=O) groups is 1. The third kappa shape index (κ3) is 4.63. The fourth-order valence-electron chi connectivity index (χ4n) is 1.95. The maximum absolute atomic E-state index is 13.2. The molecule has 1 aromatic rings. The number of amides is 1. The number of aryl methyl sites for hydroxylation is 1. The van der Waals surface area contributed by atoms with Crippen LogP contribution in [0.2, 0.25) is 0 Å². The zero-order valence-corrected chi connectivity index (χ0v) is 11.7. The minimum absolute atomic E-state index is 0.0575. The molecule has 0 saturated carbocycles. The lowest BCUT2D eigenvalue weighted by Gasteiger charge is -2.22. The summed E-state index contributed by atoms with van der Waals surface area (Å²) < 4.78 is 13.2. The van der Waals surface area contributed by atoms with Crippen molar-refractivity contribution in [3.8, 4) is 0 Å². The fourth-order valence-corrected chi connectivity index (χ4v) is 1.95. The molecule has 1 amide bonds. The van der Waals surface area contributed by atoms with Gasteiger partial charge in [-0.25, -0.2) is 4.39 Å². The number of hydrogen-bond donors (Lipinski definition) is 1. The molecule has 3 nitrogen and oxygen atoms in total. The van der Waals surface area contributed by atoms with Crippen molar-refractivity contribution in [3.05, 3.63) is 35.1 Å². The Hall–Kier alpha value is -1.42. The van der Waals surface area contributed by atoms with Crippen molar-refractivity contribution in [1.82, 2.24) is 4.90 Å². The number of benzene rings is 1. The topological polar surface area (TPSA) is 40.5 Å². The van der Waals surface area contributed by atoms with Gasteiger partial charge in [0.05, 0.1) is 6.61 Å². The highest BCUT2D eigenvalue weighted by Crippen LogP contribution is 2.12. The lowest BCUT2D eigenvalue weighted by Crippen LogP contribution is -2.34. The first-order chi connectivity index (χ1) is 9.10. The second-order valence-electron chi connectivity index (χ2n) is 4.69. The van der Waals surface area contributed by atoms with Crippen LogP contribution < -0.4 is 0 Å². The molecular weight excluding hydrogens is 245 g/mol. The van der Waals surface area contributed by atoms with Gasteiger partial charge in [-0.1, -0.05) is 19.8 Å². The maximum Gasteiger partial charge on any atom is 0.253 e. The van der Waals surface area contributed by atoms with Crippen LogP contribution in [0.4, 0.5) is 4.39 Å². The largest absolute Gasteiger partial charge is 0.395 e. The molecule has 0 atom stereocenters. The second kappa shape index (κ2) is 7.89. The van der Waals surface area contributed by atoms with E-state index in [4.69, 9.17) is 5.11 Å². The summed E-state index contributed by atoms with van der Waals surface area (Å²) in [5.74, 6) is -0.454. The first kappa shape index (κ1) is 15.6. The highest BCUT2D eigenvalue weighted by atomic mass is 19.1. The normalized spacial score (nSPS) is 10.5. The lowest BCUT2D eigenvalue weighted by atomic mass is 10.1. The molecule has 19 heavy (non-hydrogen) atoms. The van der Waals surface area contributed by atoms with E-state index in [1.54, 1.807) is 17.9 Å². The third-order valence-corrected chi connectivity index (χ3v) is 3.09. The molecular formula is C15H22FNO2. The Morgan fingerprint density at radius 3 is 2.63 bits per heavy atom. The van der Waals surface area contributed by atoms with Crippen molar-refractivity contribution in [2.24, 2.45) is 0 Å². The highest BCUT2D eigenvalue weighted by molar-refractivity contribution is 5.94. The lowest BCUT2D eigenvalue weighted by molar-refractivity contribution is 0.0718. The van der Waals surface area contributed by atoms with E-state index in [-0.39, 0.29) is 18.3 Å². The number of nitrogens with zero attached hydrogens (tertiary/aromatic N) is 1. The Labute approximate surface area is 114 Å². The van der Waals surface area contributed by atoms with Crippen molar-refractivity contribution < 1.29 is 14.3 Å². The van der Waals surface area contributed by atoms with Gasteiger partial charge in [0, 0.05) is 18.7 Å². The molecule has 0 spiro atoms. The van der Waals surface area contributed by atoms with Crippen molar-refractivity contribution in [2.75, 3.05) is 19.7 Å². The van der Waals surface area contributed by atoms with E-state index in [1.165, 1.54) is 12.1 Å². The van der Waals surface area contributed by atoms with Crippen LogP contribution in [0, 0.1) is 12.7 Å². The van der Waals surface area contributed by atoms with Crippen molar-refractivity contribution in [3.63, 3.8) is 0 Å². The van der Waals surface area contributed by atoms with E-state index < -0.39 is 0 Å². The van der Waals surface area contributed by atoms with Gasteiger partial charge in [0.25, 0.3) is 5.91 Å². The van der Waals surface area contributed by atoms with Crippen LogP contribution in [0.3, 0.4) is 0 Å². The van der Waals surface area contributed by atoms with Gasteiger partial charge in [-0.3, -0.25) is 4.79 Å². The van der Waals surface area contributed by atoms with E-state index in [0.29, 0.717) is 24.2 Å². The molecule has 0 unspecified atom stereocenters. The van der Waals surface area contributed by atoms with Gasteiger partial charge in [-0.15, -0.1) is 0 Å². The summed E-state index contributed by atoms with van der Waals surface area (Å²) in [6.07, 6.45) is 3.05. The third-order valence-electron chi connectivity index (χ3n) is 3.09. The minimum Gasteiger partial charge on any atom is -0.395 e. The number of hydrogen-bond acceptors (Lipinski definition) is 2. The molecule has 0 radical (unpaired) electrons. The molecule has 4 heteroatoms. The molecule has 0 saturated heterocycles. The van der Waals surface area contributed by atoms with E-state index in [9.17, 15) is 9.18 Å². The van der Waals surface area contributed by atoms with Gasteiger partial charge in [0.15, 0.2) is 0 Å². The van der Waals surface area contributed by atoms with Gasteiger partial charge >= 0.3 is 0 Å². The van der Waals surface area contributed by atoms with Crippen LogP contribution in [-0.2, 0) is 0 Å². The Balaban J connectivity index is 2.76. The molecule has 0 aromatic heterocycles. The monoisotopic (exact) mass is 267 g/mol. The summed E-state index contributed by atoms with van der Waals surface area (Å²) >= 11 is 0. The minimum atomic E-state index is -0.309. The van der Waals surface area contributed by atoms with Gasteiger partial charge in [0.1, 0.15) is 5.82 Å². The number of halogens is 1. The van der Waals surface area contributed by atoms with Crippen molar-refractivity contribution in [2.45, 2.75) is 33.1 Å². The highest BCUT2D eigenvalue weighted by Gasteiger charge is 2.15. The number of carbonyl (C=O) groups excluding carboxylic acids is 1. The number of rotatable bonds is 7. The summed E-state index contributed by atoms with van der Waals surface area (Å²) in [7, 11) is 0. The molecule has 0 aliphatic heterocycles. The zero-order valence-electron chi connectivity index (χ0n) is 11.7. The summed E-state index contributed by atoms with van der Waals surface area (Å²) in [5.41, 5.74) is 0.937. The van der Waals surface area contributed by atoms with E-state index in [0.717, 1.165) is 19.3 Å². The van der Waals surface area contributed by atoms with Crippen molar-refractivity contribution in [1.29, 1.82) is 0 Å². The van der Waals surface area contributed by atoms with Crippen LogP contribution in [0.15, 0.2) is 18.2 Å². The van der Waals surface area contributed by atoms with Crippen molar-refractivity contribution >= 4 is 5.91 Å². The average Bonchev–Trinajstić information content (AvgIpc) is 2.40. The number of aliphatic hydroxyl groups is 1. The molecule has 0 heterocycles. The van der Waals surface area contributed by atoms with E-state index in [1.807, 2.05) is 0 Å². The maximum atomic E-state index is 13.2. The first-order valence-corrected chi connectivity index (χ1v) is 6.76. The molecule has 0 aliphatic rings. The Bertz CT molecular complexity index is 421. The van der Waals surface area contributed by atoms with Gasteiger partial charge in [0.2, 0.25) is 0 Å². The number of unbranched alkanes of at least 4 members (excludes halogenated alkanes) is 2. The van der Waals surface area contributed by atoms with Crippen LogP contribution >= 0.6 is 0 Å². The Morgan fingerprint density at radius 1 is 1.32 bits per heavy atom. The van der Waals surface area contributed by atoms with Gasteiger partial charge in [-0.05, 0) is 37.1 Å². The predicted octanol–water partition coefficient (Wildman–Crippen LogP) is 2.76. The summed E-state index contributed by atoms with van der Waals surface area (Å²) in [6, 6.07) is 4.36. The summed E-state index contributed by atoms with van der Waals surface area (Å²) in [4.78, 5) is 13.9. The average molecular weight is 267 g/mol. The fraction of sp³-hybridized carbons (Fsp3) is 0.533. The standard InChI is InChI=1S/C15H22FNO2/c1-3-4-5-8-17(9-10-18)15(19)13-6-7-14(16)12(2)11-13/h6-7,11,18H,3-5,8-10H2,1-2H3. The summed E-state index contributed by atoms with van der Waals surface area (Å²) in [5, 5.41) is 9.03. The molecule has 106 valence electrons. The Kier molecular flexibility index (Phi) is 6.50. The molecule has 0 fully saturated rings. The quantitative estimate of drug-likeness (QED) is 0.772. The zero-order chi connectivity index (χ0) is 14.3. The molecule has 0 aliphatic carbocycles. The van der Waals surface area contributed by atoms with E-state index >= 15 is 0 Å². The second-order valence-corrected chi connectivity index (χ2v) is 4.69. The van der Waals surface area contributed by atoms with E-state index in [2.05, 4.69) is 6.92 Å². The first-order valence-electron chi connectivity index (χ1n) is 6.76. The predicted molar refractivity (Wildman–Crippen MR) is 73.7 cm³/mol. The van der Waals surface area contributed by atoms with Crippen LogP contribution in [0.25, 0.3) is 0 Å². The molecule has 1 N–H and O–H groups in total. The summed E-state index contributed by atoms with van der Waals surface area (Å²) in [6.45, 7) is 4.63. The van der Waals surface area contributed by atoms with Crippen LogP contribution in [0.1, 0.15) is 42.1 Å². The molecule has 0 bridgehead atoms. The van der Waals surface area contributed by atoms with Gasteiger partial charge < -0.3 is 10.0 Å². The number of aliphatic hydroxyl groups excluding tert-OH is 1. The molecule has 1 rings (SSSR count).